The van der Waals surface area contributed by atoms with Crippen molar-refractivity contribution in [2.45, 2.75) is 38.8 Å². The van der Waals surface area contributed by atoms with Crippen LogP contribution < -0.4 is 5.73 Å². The van der Waals surface area contributed by atoms with Gasteiger partial charge in [0.2, 0.25) is 0 Å². The van der Waals surface area contributed by atoms with Crippen LogP contribution in [0.3, 0.4) is 0 Å². The number of likely N-dealkylation sites (tertiary alicyclic amines) is 1. The van der Waals surface area contributed by atoms with Crippen molar-refractivity contribution in [3.8, 4) is 0 Å². The van der Waals surface area contributed by atoms with Crippen LogP contribution in [0.25, 0.3) is 0 Å². The van der Waals surface area contributed by atoms with E-state index in [1.54, 1.807) is 0 Å². The van der Waals surface area contributed by atoms with Gasteiger partial charge in [0.25, 0.3) is 0 Å². The molecule has 19 heavy (non-hydrogen) atoms. The van der Waals surface area contributed by atoms with Crippen molar-refractivity contribution in [2.75, 3.05) is 13.1 Å². The molecule has 1 saturated heterocycles. The van der Waals surface area contributed by atoms with E-state index in [9.17, 15) is 0 Å². The zero-order valence-corrected chi connectivity index (χ0v) is 13.9. The van der Waals surface area contributed by atoms with Gasteiger partial charge in [-0.15, -0.1) is 0 Å². The number of hydrogen-bond donors (Lipinski definition) is 1. The molecular weight excluding hydrogens is 324 g/mol. The molecular formula is C15H22BrClN2. The summed E-state index contributed by atoms with van der Waals surface area (Å²) < 4.78 is 0.996. The van der Waals surface area contributed by atoms with Crippen LogP contribution in [0.2, 0.25) is 5.02 Å². The lowest BCUT2D eigenvalue weighted by molar-refractivity contribution is 0.255. The molecule has 0 radical (unpaired) electrons. The van der Waals surface area contributed by atoms with Gasteiger partial charge in [-0.05, 0) is 43.4 Å². The summed E-state index contributed by atoms with van der Waals surface area (Å²) >= 11 is 9.67. The van der Waals surface area contributed by atoms with Crippen molar-refractivity contribution in [3.05, 3.63) is 33.3 Å². The van der Waals surface area contributed by atoms with E-state index >= 15 is 0 Å². The Labute approximate surface area is 129 Å². The summed E-state index contributed by atoms with van der Waals surface area (Å²) in [5.74, 6) is 0.808. The van der Waals surface area contributed by atoms with Crippen LogP contribution in [0.4, 0.5) is 0 Å². The van der Waals surface area contributed by atoms with Crippen molar-refractivity contribution in [1.82, 2.24) is 4.90 Å². The van der Waals surface area contributed by atoms with E-state index in [-0.39, 0.29) is 6.04 Å². The van der Waals surface area contributed by atoms with E-state index in [4.69, 9.17) is 17.3 Å². The van der Waals surface area contributed by atoms with Crippen molar-refractivity contribution in [2.24, 2.45) is 11.7 Å². The molecule has 2 nitrogen and oxygen atoms in total. The zero-order valence-electron chi connectivity index (χ0n) is 11.6. The Balaban J connectivity index is 1.92. The van der Waals surface area contributed by atoms with Crippen molar-refractivity contribution in [3.63, 3.8) is 0 Å². The number of nitrogens with two attached hydrogens (primary N) is 1. The van der Waals surface area contributed by atoms with E-state index in [0.29, 0.717) is 6.04 Å². The second-order valence-electron chi connectivity index (χ2n) is 5.75. The lowest BCUT2D eigenvalue weighted by Crippen LogP contribution is -2.30. The summed E-state index contributed by atoms with van der Waals surface area (Å²) in [6.45, 7) is 6.88. The summed E-state index contributed by atoms with van der Waals surface area (Å²) in [4.78, 5) is 2.54. The number of benzene rings is 1. The smallest absolute Gasteiger partial charge is 0.0464 e. The second kappa shape index (κ2) is 6.57. The van der Waals surface area contributed by atoms with Gasteiger partial charge < -0.3 is 10.6 Å². The number of rotatable bonds is 4. The Morgan fingerprint density at radius 1 is 1.47 bits per heavy atom. The average Bonchev–Trinajstić information content (AvgIpc) is 2.65. The SMILES string of the molecule is CC1CC(C)N(CCC(N)c2ccc(Br)cc2Cl)C1. The summed E-state index contributed by atoms with van der Waals surface area (Å²) in [5.41, 5.74) is 7.32. The van der Waals surface area contributed by atoms with Crippen LogP contribution in [-0.4, -0.2) is 24.0 Å². The fraction of sp³-hybridized carbons (Fsp3) is 0.600. The van der Waals surface area contributed by atoms with Gasteiger partial charge >= 0.3 is 0 Å². The van der Waals surface area contributed by atoms with Gasteiger partial charge in [0.15, 0.2) is 0 Å². The predicted octanol–water partition coefficient (Wildman–Crippen LogP) is 4.22. The van der Waals surface area contributed by atoms with Gasteiger partial charge in [-0.1, -0.05) is 40.5 Å². The Morgan fingerprint density at radius 3 is 2.79 bits per heavy atom. The highest BCUT2D eigenvalue weighted by Crippen LogP contribution is 2.28. The lowest BCUT2D eigenvalue weighted by Gasteiger charge is -2.23. The van der Waals surface area contributed by atoms with Gasteiger partial charge in [-0.3, -0.25) is 0 Å². The first-order chi connectivity index (χ1) is 8.97. The average molecular weight is 346 g/mol. The van der Waals surface area contributed by atoms with Crippen LogP contribution in [0.15, 0.2) is 22.7 Å². The molecule has 1 aliphatic rings. The quantitative estimate of drug-likeness (QED) is 0.885. The van der Waals surface area contributed by atoms with Gasteiger partial charge in [0, 0.05) is 34.7 Å². The van der Waals surface area contributed by atoms with Crippen LogP contribution in [0.1, 0.15) is 38.3 Å². The minimum atomic E-state index is 0.0173. The van der Waals surface area contributed by atoms with Crippen molar-refractivity contribution < 1.29 is 0 Å². The molecule has 4 heteroatoms. The molecule has 0 aromatic heterocycles. The Hall–Kier alpha value is -0.0900. The molecule has 1 aliphatic heterocycles. The molecule has 2 N–H and O–H groups in total. The minimum Gasteiger partial charge on any atom is -0.324 e. The fourth-order valence-electron chi connectivity index (χ4n) is 2.96. The van der Waals surface area contributed by atoms with Gasteiger partial charge in [0.1, 0.15) is 0 Å². The number of halogens is 2. The summed E-state index contributed by atoms with van der Waals surface area (Å²) in [5, 5.41) is 0.754. The Bertz CT molecular complexity index is 438. The summed E-state index contributed by atoms with van der Waals surface area (Å²) in [6.07, 6.45) is 2.26. The van der Waals surface area contributed by atoms with Crippen LogP contribution in [0, 0.1) is 5.92 Å². The molecule has 1 fully saturated rings. The maximum atomic E-state index is 6.28. The predicted molar refractivity (Wildman–Crippen MR) is 85.5 cm³/mol. The first-order valence-corrected chi connectivity index (χ1v) is 8.09. The highest BCUT2D eigenvalue weighted by atomic mass is 79.9. The standard InChI is InChI=1S/C15H22BrClN2/c1-10-7-11(2)19(9-10)6-5-15(18)13-4-3-12(16)8-14(13)17/h3-4,8,10-11,15H,5-7,9,18H2,1-2H3. The molecule has 106 valence electrons. The second-order valence-corrected chi connectivity index (χ2v) is 7.07. The molecule has 1 heterocycles. The topological polar surface area (TPSA) is 29.3 Å². The Morgan fingerprint density at radius 2 is 2.21 bits per heavy atom. The monoisotopic (exact) mass is 344 g/mol. The van der Waals surface area contributed by atoms with Crippen molar-refractivity contribution in [1.29, 1.82) is 0 Å². The third kappa shape index (κ3) is 3.94. The normalized spacial score (nSPS) is 25.7. The van der Waals surface area contributed by atoms with Crippen LogP contribution in [-0.2, 0) is 0 Å². The molecule has 2 rings (SSSR count). The van der Waals surface area contributed by atoms with Gasteiger partial charge in [0.05, 0.1) is 0 Å². The molecule has 1 aromatic carbocycles. The molecule has 0 spiro atoms. The van der Waals surface area contributed by atoms with E-state index in [0.717, 1.165) is 33.9 Å². The largest absolute Gasteiger partial charge is 0.324 e. The zero-order chi connectivity index (χ0) is 14.0. The van der Waals surface area contributed by atoms with Gasteiger partial charge in [-0.25, -0.2) is 0 Å². The first-order valence-electron chi connectivity index (χ1n) is 6.92. The summed E-state index contributed by atoms with van der Waals surface area (Å²) in [6, 6.07) is 6.64. The third-order valence-electron chi connectivity index (χ3n) is 4.00. The maximum Gasteiger partial charge on any atom is 0.0464 e. The molecule has 3 unspecified atom stereocenters. The van der Waals surface area contributed by atoms with Crippen LogP contribution >= 0.6 is 27.5 Å². The lowest BCUT2D eigenvalue weighted by atomic mass is 10.0. The molecule has 0 bridgehead atoms. The first kappa shape index (κ1) is 15.3. The van der Waals surface area contributed by atoms with Gasteiger partial charge in [-0.2, -0.15) is 0 Å². The molecule has 1 aromatic rings. The molecule has 0 saturated carbocycles. The minimum absolute atomic E-state index is 0.0173. The fourth-order valence-corrected chi connectivity index (χ4v) is 3.77. The van der Waals surface area contributed by atoms with E-state index < -0.39 is 0 Å². The molecule has 0 amide bonds. The highest BCUT2D eigenvalue weighted by Gasteiger charge is 2.26. The molecule has 3 atom stereocenters. The number of hydrogen-bond acceptors (Lipinski definition) is 2. The molecule has 0 aliphatic carbocycles. The number of nitrogens with zero attached hydrogens (tertiary/aromatic N) is 1. The van der Waals surface area contributed by atoms with Crippen molar-refractivity contribution >= 4 is 27.5 Å². The third-order valence-corrected chi connectivity index (χ3v) is 4.82. The van der Waals surface area contributed by atoms with Crippen LogP contribution in [0.5, 0.6) is 0 Å². The summed E-state index contributed by atoms with van der Waals surface area (Å²) in [7, 11) is 0. The van der Waals surface area contributed by atoms with E-state index in [2.05, 4.69) is 34.7 Å². The van der Waals surface area contributed by atoms with E-state index in [1.807, 2.05) is 18.2 Å². The Kier molecular flexibility index (Phi) is 5.29. The highest BCUT2D eigenvalue weighted by molar-refractivity contribution is 9.10. The maximum absolute atomic E-state index is 6.28. The van der Waals surface area contributed by atoms with E-state index in [1.165, 1.54) is 13.0 Å².